The third-order valence-electron chi connectivity index (χ3n) is 4.21. The van der Waals surface area contributed by atoms with Crippen molar-refractivity contribution < 1.29 is 19.6 Å². The van der Waals surface area contributed by atoms with Crippen molar-refractivity contribution in [1.82, 2.24) is 5.43 Å². The van der Waals surface area contributed by atoms with Gasteiger partial charge in [0.05, 0.1) is 24.7 Å². The number of phenols is 1. The number of nitro groups is 1. The van der Waals surface area contributed by atoms with Gasteiger partial charge in [-0.3, -0.25) is 14.9 Å². The van der Waals surface area contributed by atoms with Gasteiger partial charge < -0.3 is 9.84 Å². The molecular weight excluding hydrogens is 442 g/mol. The van der Waals surface area contributed by atoms with Crippen molar-refractivity contribution in [2.24, 2.45) is 5.10 Å². The summed E-state index contributed by atoms with van der Waals surface area (Å²) in [6.07, 6.45) is 1.36. The smallest absolute Gasteiger partial charge is 0.315 e. The Morgan fingerprint density at radius 3 is 2.69 bits per heavy atom. The molecule has 0 atom stereocenters. The Morgan fingerprint density at radius 1 is 1.28 bits per heavy atom. The number of methoxy groups -OCH3 is 1. The number of ether oxygens (including phenoxy) is 1. The first-order valence-corrected chi connectivity index (χ1v) is 9.23. The lowest BCUT2D eigenvalue weighted by Crippen LogP contribution is -2.20. The molecule has 0 unspecified atom stereocenters. The summed E-state index contributed by atoms with van der Waals surface area (Å²) in [5.74, 6) is -0.969. The summed E-state index contributed by atoms with van der Waals surface area (Å²) in [7, 11) is 1.28. The zero-order valence-corrected chi connectivity index (χ0v) is 16.8. The van der Waals surface area contributed by atoms with Crippen LogP contribution in [0.3, 0.4) is 0 Å². The summed E-state index contributed by atoms with van der Waals surface area (Å²) in [5, 5.41) is 26.6. The van der Waals surface area contributed by atoms with E-state index in [2.05, 4.69) is 26.5 Å². The normalized spacial score (nSPS) is 11.0. The lowest BCUT2D eigenvalue weighted by Gasteiger charge is -2.07. The number of nitrogens with zero attached hydrogens (tertiary/aromatic N) is 2. The highest BCUT2D eigenvalue weighted by Gasteiger charge is 2.19. The Bertz CT molecular complexity index is 1130. The van der Waals surface area contributed by atoms with Gasteiger partial charge in [-0.25, -0.2) is 5.43 Å². The fourth-order valence-corrected chi connectivity index (χ4v) is 3.33. The third kappa shape index (κ3) is 4.52. The van der Waals surface area contributed by atoms with Crippen LogP contribution in [0.1, 0.15) is 11.1 Å². The molecule has 3 rings (SSSR count). The summed E-state index contributed by atoms with van der Waals surface area (Å²) in [4.78, 5) is 22.6. The van der Waals surface area contributed by atoms with Crippen molar-refractivity contribution in [3.8, 4) is 11.5 Å². The number of rotatable bonds is 6. The average Bonchev–Trinajstić information content (AvgIpc) is 2.71. The molecule has 9 heteroatoms. The number of fused-ring (bicyclic) bond motifs is 1. The van der Waals surface area contributed by atoms with Crippen LogP contribution in [0.15, 0.2) is 58.1 Å². The SMILES string of the molecule is COc1cc(/C=N/NC(=O)Cc2ccc(Br)c3ccccc23)cc([N+](=O)[O-])c1O. The van der Waals surface area contributed by atoms with Crippen molar-refractivity contribution in [2.75, 3.05) is 7.11 Å². The second-order valence-electron chi connectivity index (χ2n) is 6.07. The summed E-state index contributed by atoms with van der Waals surface area (Å²) in [5.41, 5.74) is 3.03. The Labute approximate surface area is 174 Å². The molecule has 29 heavy (non-hydrogen) atoms. The standard InChI is InChI=1S/C20H16BrN3O5/c1-29-18-9-12(8-17(20(18)26)24(27)28)11-22-23-19(25)10-13-6-7-16(21)15-5-3-2-4-14(13)15/h2-9,11,26H,10H2,1H3,(H,23,25)/b22-11+. The highest BCUT2D eigenvalue weighted by atomic mass is 79.9. The number of benzene rings is 3. The van der Waals surface area contributed by atoms with Crippen molar-refractivity contribution in [1.29, 1.82) is 0 Å². The van der Waals surface area contributed by atoms with Crippen molar-refractivity contribution in [3.05, 3.63) is 74.2 Å². The predicted octanol–water partition coefficient (Wildman–Crippen LogP) is 3.92. The van der Waals surface area contributed by atoms with Crippen LogP contribution in [-0.2, 0) is 11.2 Å². The van der Waals surface area contributed by atoms with Crippen LogP contribution in [-0.4, -0.2) is 29.3 Å². The Kier molecular flexibility index (Phi) is 6.08. The molecule has 3 aromatic rings. The van der Waals surface area contributed by atoms with Gasteiger partial charge in [-0.15, -0.1) is 0 Å². The number of amides is 1. The minimum absolute atomic E-state index is 0.0618. The number of hydrogen-bond donors (Lipinski definition) is 2. The highest BCUT2D eigenvalue weighted by molar-refractivity contribution is 9.10. The van der Waals surface area contributed by atoms with Crippen LogP contribution in [0.25, 0.3) is 10.8 Å². The number of aromatic hydroxyl groups is 1. The van der Waals surface area contributed by atoms with Gasteiger partial charge in [0.1, 0.15) is 0 Å². The van der Waals surface area contributed by atoms with E-state index >= 15 is 0 Å². The second kappa shape index (κ2) is 8.70. The van der Waals surface area contributed by atoms with Crippen LogP contribution in [0.5, 0.6) is 11.5 Å². The van der Waals surface area contributed by atoms with Gasteiger partial charge in [-0.2, -0.15) is 5.10 Å². The lowest BCUT2D eigenvalue weighted by atomic mass is 10.0. The quantitative estimate of drug-likeness (QED) is 0.330. The minimum Gasteiger partial charge on any atom is -0.500 e. The van der Waals surface area contributed by atoms with Gasteiger partial charge in [0.2, 0.25) is 11.7 Å². The van der Waals surface area contributed by atoms with Crippen LogP contribution in [0.4, 0.5) is 5.69 Å². The fourth-order valence-electron chi connectivity index (χ4n) is 2.85. The predicted molar refractivity (Wildman–Crippen MR) is 112 cm³/mol. The van der Waals surface area contributed by atoms with Crippen LogP contribution in [0.2, 0.25) is 0 Å². The Balaban J connectivity index is 1.75. The molecule has 0 heterocycles. The Morgan fingerprint density at radius 2 is 2.00 bits per heavy atom. The topological polar surface area (TPSA) is 114 Å². The van der Waals surface area contributed by atoms with Gasteiger partial charge >= 0.3 is 5.69 Å². The van der Waals surface area contributed by atoms with E-state index in [1.54, 1.807) is 0 Å². The number of halogens is 1. The molecule has 0 fully saturated rings. The number of nitro benzene ring substituents is 1. The number of carbonyl (C=O) groups is 1. The first kappa shape index (κ1) is 20.3. The van der Waals surface area contributed by atoms with E-state index in [0.29, 0.717) is 5.56 Å². The lowest BCUT2D eigenvalue weighted by molar-refractivity contribution is -0.386. The molecule has 2 N–H and O–H groups in total. The molecule has 0 aliphatic heterocycles. The summed E-state index contributed by atoms with van der Waals surface area (Å²) in [6.45, 7) is 0. The number of hydrazone groups is 1. The molecule has 0 saturated carbocycles. The molecular formula is C20H16BrN3O5. The van der Waals surface area contributed by atoms with Gasteiger partial charge in [-0.05, 0) is 28.5 Å². The van der Waals surface area contributed by atoms with Crippen molar-refractivity contribution >= 4 is 44.5 Å². The van der Waals surface area contributed by atoms with Crippen LogP contribution >= 0.6 is 15.9 Å². The number of hydrogen-bond acceptors (Lipinski definition) is 6. The maximum absolute atomic E-state index is 12.3. The second-order valence-corrected chi connectivity index (χ2v) is 6.92. The molecule has 1 amide bonds. The maximum atomic E-state index is 12.3. The van der Waals surface area contributed by atoms with Gasteiger partial charge in [0, 0.05) is 16.1 Å². The van der Waals surface area contributed by atoms with Crippen LogP contribution < -0.4 is 10.2 Å². The van der Waals surface area contributed by atoms with Crippen molar-refractivity contribution in [2.45, 2.75) is 6.42 Å². The molecule has 148 valence electrons. The molecule has 0 spiro atoms. The molecule has 0 aliphatic rings. The van der Waals surface area contributed by atoms with E-state index in [0.717, 1.165) is 26.9 Å². The van der Waals surface area contributed by atoms with E-state index in [4.69, 9.17) is 4.74 Å². The van der Waals surface area contributed by atoms with Crippen molar-refractivity contribution in [3.63, 3.8) is 0 Å². The summed E-state index contributed by atoms with van der Waals surface area (Å²) in [6, 6.07) is 14.0. The van der Waals surface area contributed by atoms with E-state index < -0.39 is 16.4 Å². The minimum atomic E-state index is -0.730. The number of nitrogens with one attached hydrogen (secondary N) is 1. The van der Waals surface area contributed by atoms with E-state index in [1.807, 2.05) is 36.4 Å². The van der Waals surface area contributed by atoms with Gasteiger partial charge in [0.25, 0.3) is 0 Å². The fraction of sp³-hybridized carbons (Fsp3) is 0.100. The molecule has 3 aromatic carbocycles. The summed E-state index contributed by atoms with van der Waals surface area (Å²) < 4.78 is 5.87. The van der Waals surface area contributed by atoms with Gasteiger partial charge in [0.15, 0.2) is 5.75 Å². The zero-order valence-electron chi connectivity index (χ0n) is 15.3. The number of carbonyl (C=O) groups excluding carboxylic acids is 1. The first-order chi connectivity index (χ1) is 13.9. The van der Waals surface area contributed by atoms with E-state index in [1.165, 1.54) is 19.4 Å². The molecule has 0 saturated heterocycles. The molecule has 0 bridgehead atoms. The van der Waals surface area contributed by atoms with E-state index in [9.17, 15) is 20.0 Å². The molecule has 8 nitrogen and oxygen atoms in total. The summed E-state index contributed by atoms with van der Waals surface area (Å²) >= 11 is 3.50. The molecule has 0 aliphatic carbocycles. The maximum Gasteiger partial charge on any atom is 0.315 e. The average molecular weight is 458 g/mol. The number of phenolic OH excluding ortho intramolecular Hbond substituents is 1. The van der Waals surface area contributed by atoms with E-state index in [-0.39, 0.29) is 18.1 Å². The van der Waals surface area contributed by atoms with Crippen LogP contribution in [0, 0.1) is 10.1 Å². The molecule has 0 radical (unpaired) electrons. The largest absolute Gasteiger partial charge is 0.500 e. The third-order valence-corrected chi connectivity index (χ3v) is 4.90. The highest BCUT2D eigenvalue weighted by Crippen LogP contribution is 2.36. The monoisotopic (exact) mass is 457 g/mol. The zero-order chi connectivity index (χ0) is 21.0. The van der Waals surface area contributed by atoms with Gasteiger partial charge in [-0.1, -0.05) is 46.3 Å². The Hall–Kier alpha value is -3.46. The molecule has 0 aromatic heterocycles. The first-order valence-electron chi connectivity index (χ1n) is 8.44.